The molecule has 0 saturated heterocycles. The van der Waals surface area contributed by atoms with Crippen molar-refractivity contribution in [3.05, 3.63) is 0 Å². The van der Waals surface area contributed by atoms with E-state index in [9.17, 15) is 9.59 Å². The number of rotatable bonds is 2. The highest BCUT2D eigenvalue weighted by atomic mass is 16.4. The molecule has 0 aliphatic carbocycles. The van der Waals surface area contributed by atoms with Crippen LogP contribution in [0, 0.1) is 5.41 Å². The van der Waals surface area contributed by atoms with Gasteiger partial charge in [0.25, 0.3) is 11.9 Å². The maximum absolute atomic E-state index is 10.6. The molecule has 2 rings (SSSR count). The van der Waals surface area contributed by atoms with Crippen molar-refractivity contribution in [3.8, 4) is 0 Å². The van der Waals surface area contributed by atoms with E-state index in [0.717, 1.165) is 0 Å². The van der Waals surface area contributed by atoms with Gasteiger partial charge in [-0.25, -0.2) is 32.2 Å². The van der Waals surface area contributed by atoms with Gasteiger partial charge in [0.1, 0.15) is 0 Å². The van der Waals surface area contributed by atoms with Crippen molar-refractivity contribution in [1.29, 1.82) is 5.41 Å². The zero-order valence-electron chi connectivity index (χ0n) is 11.9. The lowest BCUT2D eigenvalue weighted by Gasteiger charge is -2.09. The largest absolute Gasteiger partial charge is 0.463 e. The van der Waals surface area contributed by atoms with Gasteiger partial charge in [-0.3, -0.25) is 10.8 Å². The van der Waals surface area contributed by atoms with Gasteiger partial charge < -0.3 is 10.2 Å². The number of tetrazole rings is 2. The minimum Gasteiger partial charge on any atom is -0.463 e. The Balaban J connectivity index is 0.000000381. The van der Waals surface area contributed by atoms with Gasteiger partial charge in [-0.15, -0.1) is 19.6 Å². The van der Waals surface area contributed by atoms with E-state index in [-0.39, 0.29) is 5.96 Å². The van der Waals surface area contributed by atoms with E-state index in [1.54, 1.807) is 0 Å². The predicted molar refractivity (Wildman–Crippen MR) is 71.9 cm³/mol. The fourth-order valence-electron chi connectivity index (χ4n) is 0.901. The van der Waals surface area contributed by atoms with E-state index in [1.165, 1.54) is 0 Å². The maximum atomic E-state index is 10.6. The number of azo groups is 1. The topological polar surface area (TPSA) is 304 Å². The van der Waals surface area contributed by atoms with Crippen LogP contribution < -0.4 is 23.0 Å². The molecule has 2 heterocycles. The Bertz CT molecular complexity index is 719. The Kier molecular flexibility index (Phi) is 6.39. The van der Waals surface area contributed by atoms with Gasteiger partial charge in [-0.05, 0) is 20.9 Å². The molecule has 10 N–H and O–H groups in total. The molecule has 25 heavy (non-hydrogen) atoms. The van der Waals surface area contributed by atoms with Gasteiger partial charge in [-0.1, -0.05) is 10.2 Å². The summed E-state index contributed by atoms with van der Waals surface area (Å²) in [6.07, 6.45) is -2.96. The van der Waals surface area contributed by atoms with Crippen LogP contribution in [0.1, 0.15) is 0 Å². The van der Waals surface area contributed by atoms with Crippen molar-refractivity contribution < 1.29 is 19.8 Å². The normalized spacial score (nSPS) is 10.0. The first-order chi connectivity index (χ1) is 11.8. The number of nitrogens with two attached hydrogens (primary N) is 3. The lowest BCUT2D eigenvalue weighted by atomic mass is 10.9. The van der Waals surface area contributed by atoms with Crippen LogP contribution in [-0.2, 0) is 0 Å². The maximum Gasteiger partial charge on any atom is 0.437 e. The molecule has 0 unspecified atom stereocenters. The molecule has 0 bridgehead atoms. The minimum atomic E-state index is -1.48. The molecule has 20 heteroatoms. The summed E-state index contributed by atoms with van der Waals surface area (Å²) in [5, 5.41) is 49.9. The van der Waals surface area contributed by atoms with Gasteiger partial charge >= 0.3 is 12.2 Å². The third-order valence-electron chi connectivity index (χ3n) is 1.89. The highest BCUT2D eigenvalue weighted by Crippen LogP contribution is 2.11. The van der Waals surface area contributed by atoms with Crippen molar-refractivity contribution in [3.63, 3.8) is 0 Å². The van der Waals surface area contributed by atoms with Crippen LogP contribution in [0.5, 0.6) is 0 Å². The third kappa shape index (κ3) is 5.20. The summed E-state index contributed by atoms with van der Waals surface area (Å²) in [4.78, 5) is 21.2. The molecule has 0 spiro atoms. The molecule has 0 atom stereocenters. The first-order valence-electron chi connectivity index (χ1n) is 5.57. The standard InChI is InChI=1S/C4H2N10O4.CH8N6/c15-3(16)13-1(7-9-11-13)5-6-2-8-10-12-14(2)4(17)18;2-1(6-3)7(4)5/h(H,15,16)(H,17,18);3-5H2,(H2,2,6). The van der Waals surface area contributed by atoms with Crippen molar-refractivity contribution in [1.82, 2.24) is 51.0 Å². The molecule has 0 fully saturated rings. The van der Waals surface area contributed by atoms with Crippen LogP contribution in [0.3, 0.4) is 0 Å². The Morgan fingerprint density at radius 2 is 1.44 bits per heavy atom. The average molecular weight is 358 g/mol. The van der Waals surface area contributed by atoms with E-state index in [0.29, 0.717) is 14.5 Å². The van der Waals surface area contributed by atoms with Crippen molar-refractivity contribution in [2.75, 3.05) is 0 Å². The predicted octanol–water partition coefficient (Wildman–Crippen LogP) is -3.44. The van der Waals surface area contributed by atoms with E-state index >= 15 is 0 Å². The molecular weight excluding hydrogens is 348 g/mol. The number of guanidine groups is 1. The first kappa shape index (κ1) is 18.9. The first-order valence-corrected chi connectivity index (χ1v) is 5.57. The Morgan fingerprint density at radius 3 is 1.68 bits per heavy atom. The molecule has 0 aromatic carbocycles. The van der Waals surface area contributed by atoms with E-state index < -0.39 is 24.1 Å². The van der Waals surface area contributed by atoms with Gasteiger partial charge in [0.05, 0.1) is 0 Å². The number of nitrogens with zero attached hydrogens (tertiary/aromatic N) is 11. The van der Waals surface area contributed by atoms with Crippen LogP contribution in [0.15, 0.2) is 10.2 Å². The quantitative estimate of drug-likeness (QED) is 0.0685. The number of hydrogen-bond donors (Lipinski definition) is 7. The second-order valence-electron chi connectivity index (χ2n) is 3.45. The summed E-state index contributed by atoms with van der Waals surface area (Å²) < 4.78 is 0.664. The molecule has 0 radical (unpaired) electrons. The SMILES string of the molecule is N=C(NN)N(N)N.O=C(O)n1nnnc1N=Nc1nnnn1C(=O)O. The molecule has 2 aromatic heterocycles. The van der Waals surface area contributed by atoms with Gasteiger partial charge in [0.2, 0.25) is 5.96 Å². The van der Waals surface area contributed by atoms with Gasteiger partial charge in [-0.2, -0.15) is 0 Å². The Morgan fingerprint density at radius 1 is 1.04 bits per heavy atom. The van der Waals surface area contributed by atoms with Crippen LogP contribution in [0.4, 0.5) is 21.5 Å². The fraction of sp³-hybridized carbons (Fsp3) is 0. The summed E-state index contributed by atoms with van der Waals surface area (Å²) in [7, 11) is 0. The monoisotopic (exact) mass is 358 g/mol. The molecule has 0 aliphatic heterocycles. The van der Waals surface area contributed by atoms with Gasteiger partial charge in [0.15, 0.2) is 0 Å². The zero-order chi connectivity index (χ0) is 19.0. The summed E-state index contributed by atoms with van der Waals surface area (Å²) in [5.41, 5.74) is 1.92. The van der Waals surface area contributed by atoms with Gasteiger partial charge in [0, 0.05) is 0 Å². The summed E-state index contributed by atoms with van der Waals surface area (Å²) >= 11 is 0. The van der Waals surface area contributed by atoms with Crippen molar-refractivity contribution in [2.45, 2.75) is 0 Å². The number of carbonyl (C=O) groups is 2. The molecule has 0 amide bonds. The molecule has 134 valence electrons. The number of nitrogens with one attached hydrogen (secondary N) is 2. The van der Waals surface area contributed by atoms with Crippen LogP contribution >= 0.6 is 0 Å². The second kappa shape index (κ2) is 8.46. The zero-order valence-corrected chi connectivity index (χ0v) is 11.9. The Hall–Kier alpha value is -4.17. The van der Waals surface area contributed by atoms with Crippen LogP contribution in [0.2, 0.25) is 0 Å². The van der Waals surface area contributed by atoms with Crippen LogP contribution in [0.25, 0.3) is 0 Å². The summed E-state index contributed by atoms with van der Waals surface area (Å²) in [6, 6.07) is 0. The molecule has 20 nitrogen and oxygen atoms in total. The molecule has 0 aliphatic rings. The fourth-order valence-corrected chi connectivity index (χ4v) is 0.901. The van der Waals surface area contributed by atoms with E-state index in [2.05, 4.69) is 41.3 Å². The number of carboxylic acid groups (broad SMARTS) is 2. The van der Waals surface area contributed by atoms with E-state index in [1.807, 2.05) is 5.43 Å². The Labute approximate surface area is 135 Å². The third-order valence-corrected chi connectivity index (χ3v) is 1.89. The lowest BCUT2D eigenvalue weighted by Crippen LogP contribution is -2.51. The van der Waals surface area contributed by atoms with Crippen molar-refractivity contribution >= 4 is 30.0 Å². The highest BCUT2D eigenvalue weighted by Gasteiger charge is 2.14. The molecule has 0 saturated carbocycles. The number of hydrazine groups is 3. The smallest absolute Gasteiger partial charge is 0.437 e. The summed E-state index contributed by atoms with van der Waals surface area (Å²) in [6.45, 7) is 0. The second-order valence-corrected chi connectivity index (χ2v) is 3.45. The van der Waals surface area contributed by atoms with Crippen LogP contribution in [-0.4, -0.2) is 73.9 Å². The molecule has 2 aromatic rings. The number of aromatic nitrogens is 8. The molecular formula is C5H10N16O4. The number of hydrogen-bond acceptors (Lipinski definition) is 14. The average Bonchev–Trinajstić information content (AvgIpc) is 3.21. The highest BCUT2D eigenvalue weighted by molar-refractivity contribution is 5.74. The van der Waals surface area contributed by atoms with Crippen molar-refractivity contribution in [2.24, 2.45) is 27.8 Å². The lowest BCUT2D eigenvalue weighted by molar-refractivity contribution is 0.191. The minimum absolute atomic E-state index is 0.236. The summed E-state index contributed by atoms with van der Waals surface area (Å²) in [5.74, 6) is 13.1. The van der Waals surface area contributed by atoms with E-state index in [4.69, 9.17) is 33.2 Å².